The molecule has 2 rings (SSSR count). The molecule has 0 aliphatic carbocycles. The van der Waals surface area contributed by atoms with Crippen LogP contribution in [0.5, 0.6) is 0 Å². The van der Waals surface area contributed by atoms with Gasteiger partial charge in [-0.05, 0) is 12.3 Å². The SMILES string of the molecule is CC(C)C1(C(=O)O)CCN(C(=O)C2CSCN2)C1. The van der Waals surface area contributed by atoms with Crippen LogP contribution in [0.25, 0.3) is 0 Å². The molecule has 0 aromatic carbocycles. The molecule has 1 amide bonds. The normalized spacial score (nSPS) is 32.2. The van der Waals surface area contributed by atoms with Gasteiger partial charge in [0.2, 0.25) is 5.91 Å². The van der Waals surface area contributed by atoms with Gasteiger partial charge in [0.1, 0.15) is 0 Å². The molecular formula is C12H20N2O3S. The maximum Gasteiger partial charge on any atom is 0.311 e. The summed E-state index contributed by atoms with van der Waals surface area (Å²) in [7, 11) is 0. The van der Waals surface area contributed by atoms with Crippen LogP contribution < -0.4 is 5.32 Å². The van der Waals surface area contributed by atoms with Gasteiger partial charge in [-0.1, -0.05) is 13.8 Å². The Morgan fingerprint density at radius 1 is 1.50 bits per heavy atom. The van der Waals surface area contributed by atoms with Crippen LogP contribution in [-0.4, -0.2) is 52.6 Å². The van der Waals surface area contributed by atoms with Crippen LogP contribution in [0.4, 0.5) is 0 Å². The number of likely N-dealkylation sites (tertiary alicyclic amines) is 1. The lowest BCUT2D eigenvalue weighted by Crippen LogP contribution is -2.46. The number of nitrogens with zero attached hydrogens (tertiary/aromatic N) is 1. The van der Waals surface area contributed by atoms with E-state index in [1.165, 1.54) is 0 Å². The molecular weight excluding hydrogens is 252 g/mol. The van der Waals surface area contributed by atoms with E-state index >= 15 is 0 Å². The van der Waals surface area contributed by atoms with Crippen molar-refractivity contribution in [2.75, 3.05) is 24.7 Å². The van der Waals surface area contributed by atoms with Crippen molar-refractivity contribution >= 4 is 23.6 Å². The van der Waals surface area contributed by atoms with Crippen LogP contribution >= 0.6 is 11.8 Å². The van der Waals surface area contributed by atoms with E-state index in [0.29, 0.717) is 19.5 Å². The predicted molar refractivity (Wildman–Crippen MR) is 70.4 cm³/mol. The minimum Gasteiger partial charge on any atom is -0.481 e. The third kappa shape index (κ3) is 2.23. The van der Waals surface area contributed by atoms with Crippen molar-refractivity contribution in [3.8, 4) is 0 Å². The van der Waals surface area contributed by atoms with Crippen molar-refractivity contribution in [2.45, 2.75) is 26.3 Å². The summed E-state index contributed by atoms with van der Waals surface area (Å²) in [5.41, 5.74) is -0.762. The number of nitrogens with one attached hydrogen (secondary N) is 1. The minimum atomic E-state index is -0.776. The summed E-state index contributed by atoms with van der Waals surface area (Å²) in [4.78, 5) is 25.5. The second kappa shape index (κ2) is 5.09. The van der Waals surface area contributed by atoms with Gasteiger partial charge in [-0.2, -0.15) is 0 Å². The first-order chi connectivity index (χ1) is 8.47. The molecule has 2 N–H and O–H groups in total. The summed E-state index contributed by atoms with van der Waals surface area (Å²) in [5.74, 6) is 0.916. The van der Waals surface area contributed by atoms with Crippen LogP contribution in [0, 0.1) is 11.3 Å². The fourth-order valence-corrected chi connectivity index (χ4v) is 3.62. The molecule has 2 aliphatic rings. The molecule has 2 unspecified atom stereocenters. The molecule has 5 nitrogen and oxygen atoms in total. The highest BCUT2D eigenvalue weighted by molar-refractivity contribution is 7.99. The molecule has 2 atom stereocenters. The lowest BCUT2D eigenvalue weighted by Gasteiger charge is -2.29. The standard InChI is InChI=1S/C12H20N2O3S/c1-8(2)12(11(16)17)3-4-14(6-12)10(15)9-5-18-7-13-9/h8-9,13H,3-7H2,1-2H3,(H,16,17). The van der Waals surface area contributed by atoms with E-state index in [-0.39, 0.29) is 17.9 Å². The average molecular weight is 272 g/mol. The molecule has 6 heteroatoms. The number of carbonyl (C=O) groups is 2. The van der Waals surface area contributed by atoms with Gasteiger partial charge in [0.25, 0.3) is 0 Å². The van der Waals surface area contributed by atoms with Gasteiger partial charge < -0.3 is 10.0 Å². The number of amides is 1. The van der Waals surface area contributed by atoms with Crippen molar-refractivity contribution < 1.29 is 14.7 Å². The second-order valence-electron chi connectivity index (χ2n) is 5.40. The van der Waals surface area contributed by atoms with Crippen LogP contribution in [0.15, 0.2) is 0 Å². The highest BCUT2D eigenvalue weighted by atomic mass is 32.2. The quantitative estimate of drug-likeness (QED) is 0.788. The van der Waals surface area contributed by atoms with Gasteiger partial charge in [0.05, 0.1) is 11.5 Å². The van der Waals surface area contributed by atoms with Crippen molar-refractivity contribution in [3.63, 3.8) is 0 Å². The summed E-state index contributed by atoms with van der Waals surface area (Å²) in [6, 6.07) is -0.133. The molecule has 0 spiro atoms. The summed E-state index contributed by atoms with van der Waals surface area (Å²) in [6.07, 6.45) is 0.561. The van der Waals surface area contributed by atoms with Crippen LogP contribution in [0.1, 0.15) is 20.3 Å². The fraction of sp³-hybridized carbons (Fsp3) is 0.833. The molecule has 2 fully saturated rings. The van der Waals surface area contributed by atoms with Gasteiger partial charge >= 0.3 is 5.97 Å². The number of carboxylic acids is 1. The number of carboxylic acid groups (broad SMARTS) is 1. The van der Waals surface area contributed by atoms with Crippen LogP contribution in [0.3, 0.4) is 0 Å². The Hall–Kier alpha value is -0.750. The Bertz CT molecular complexity index is 355. The zero-order chi connectivity index (χ0) is 13.3. The van der Waals surface area contributed by atoms with E-state index in [9.17, 15) is 14.7 Å². The smallest absolute Gasteiger partial charge is 0.311 e. The number of aliphatic carboxylic acids is 1. The summed E-state index contributed by atoms with van der Waals surface area (Å²) < 4.78 is 0. The van der Waals surface area contributed by atoms with Gasteiger partial charge in [-0.3, -0.25) is 14.9 Å². The van der Waals surface area contributed by atoms with Crippen LogP contribution in [0.2, 0.25) is 0 Å². The predicted octanol–water partition coefficient (Wildman–Crippen LogP) is 0.608. The molecule has 0 saturated carbocycles. The highest BCUT2D eigenvalue weighted by Crippen LogP contribution is 2.38. The Morgan fingerprint density at radius 3 is 2.67 bits per heavy atom. The largest absolute Gasteiger partial charge is 0.481 e. The summed E-state index contributed by atoms with van der Waals surface area (Å²) in [5, 5.41) is 12.6. The zero-order valence-corrected chi connectivity index (χ0v) is 11.6. The van der Waals surface area contributed by atoms with E-state index in [0.717, 1.165) is 11.6 Å². The summed E-state index contributed by atoms with van der Waals surface area (Å²) >= 11 is 1.71. The zero-order valence-electron chi connectivity index (χ0n) is 10.8. The molecule has 0 aromatic heterocycles. The number of thioether (sulfide) groups is 1. The van der Waals surface area contributed by atoms with E-state index < -0.39 is 11.4 Å². The first-order valence-electron chi connectivity index (χ1n) is 6.30. The van der Waals surface area contributed by atoms with E-state index in [4.69, 9.17) is 0 Å². The Labute approximate surface area is 111 Å². The van der Waals surface area contributed by atoms with Gasteiger partial charge in [0, 0.05) is 24.7 Å². The molecule has 0 aromatic rings. The lowest BCUT2D eigenvalue weighted by molar-refractivity contribution is -0.151. The Kier molecular flexibility index (Phi) is 3.87. The molecule has 2 aliphatic heterocycles. The average Bonchev–Trinajstić information content (AvgIpc) is 2.98. The van der Waals surface area contributed by atoms with Crippen LogP contribution in [-0.2, 0) is 9.59 Å². The molecule has 18 heavy (non-hydrogen) atoms. The molecule has 2 heterocycles. The van der Waals surface area contributed by atoms with E-state index in [2.05, 4.69) is 5.32 Å². The number of hydrogen-bond donors (Lipinski definition) is 2. The number of rotatable bonds is 3. The van der Waals surface area contributed by atoms with E-state index in [1.807, 2.05) is 13.8 Å². The van der Waals surface area contributed by atoms with Crippen molar-refractivity contribution in [1.82, 2.24) is 10.2 Å². The van der Waals surface area contributed by atoms with E-state index in [1.54, 1.807) is 16.7 Å². The maximum atomic E-state index is 12.2. The van der Waals surface area contributed by atoms with Gasteiger partial charge in [0.15, 0.2) is 0 Å². The number of carbonyl (C=O) groups excluding carboxylic acids is 1. The monoisotopic (exact) mass is 272 g/mol. The second-order valence-corrected chi connectivity index (χ2v) is 6.43. The third-order valence-electron chi connectivity index (χ3n) is 4.16. The Balaban J connectivity index is 2.06. The third-order valence-corrected chi connectivity index (χ3v) is 5.10. The highest BCUT2D eigenvalue weighted by Gasteiger charge is 2.49. The molecule has 2 saturated heterocycles. The maximum absolute atomic E-state index is 12.2. The van der Waals surface area contributed by atoms with Crippen molar-refractivity contribution in [3.05, 3.63) is 0 Å². The number of hydrogen-bond acceptors (Lipinski definition) is 4. The van der Waals surface area contributed by atoms with Crippen molar-refractivity contribution in [2.24, 2.45) is 11.3 Å². The molecule has 102 valence electrons. The van der Waals surface area contributed by atoms with Gasteiger partial charge in [-0.15, -0.1) is 11.8 Å². The summed E-state index contributed by atoms with van der Waals surface area (Å²) in [6.45, 7) is 4.76. The van der Waals surface area contributed by atoms with Crippen molar-refractivity contribution in [1.29, 1.82) is 0 Å². The Morgan fingerprint density at radius 2 is 2.22 bits per heavy atom. The first-order valence-corrected chi connectivity index (χ1v) is 7.46. The molecule has 0 bridgehead atoms. The van der Waals surface area contributed by atoms with Gasteiger partial charge in [-0.25, -0.2) is 0 Å². The lowest BCUT2D eigenvalue weighted by atomic mass is 9.76. The molecule has 0 radical (unpaired) electrons. The topological polar surface area (TPSA) is 69.6 Å². The first kappa shape index (κ1) is 13.7. The minimum absolute atomic E-state index is 0.0405. The fourth-order valence-electron chi connectivity index (χ4n) is 2.69.